The van der Waals surface area contributed by atoms with E-state index in [-0.39, 0.29) is 5.91 Å². The van der Waals surface area contributed by atoms with Crippen LogP contribution in [-0.2, 0) is 17.8 Å². The van der Waals surface area contributed by atoms with Crippen LogP contribution < -0.4 is 10.2 Å². The second kappa shape index (κ2) is 5.83. The molecule has 3 aromatic rings. The lowest BCUT2D eigenvalue weighted by Crippen LogP contribution is -2.30. The van der Waals surface area contributed by atoms with Crippen LogP contribution in [0.25, 0.3) is 10.9 Å². The lowest BCUT2D eigenvalue weighted by atomic mass is 9.98. The van der Waals surface area contributed by atoms with Crippen molar-refractivity contribution in [2.45, 2.75) is 19.9 Å². The number of carbonyl (C=O) groups excluding carboxylic acids is 1. The number of rotatable bonds is 2. The summed E-state index contributed by atoms with van der Waals surface area (Å²) in [6.45, 7) is 3.24. The standard InChI is InChI=1S/C18H17ClN4O/c1-11(24)21-15-3-2-13-10-23(5-4-12(13)6-15)18-8-14(19)7-17-16(18)9-20-22-17/h2-3,6-9H,4-5,10H2,1H3,(H,20,22)(H,21,24). The third kappa shape index (κ3) is 2.71. The quantitative estimate of drug-likeness (QED) is 0.747. The van der Waals surface area contributed by atoms with Crippen molar-refractivity contribution in [3.63, 3.8) is 0 Å². The Morgan fingerprint density at radius 1 is 1.29 bits per heavy atom. The molecule has 5 nitrogen and oxygen atoms in total. The van der Waals surface area contributed by atoms with E-state index in [2.05, 4.69) is 32.5 Å². The maximum Gasteiger partial charge on any atom is 0.221 e. The molecule has 1 aliphatic heterocycles. The largest absolute Gasteiger partial charge is 0.366 e. The zero-order valence-electron chi connectivity index (χ0n) is 13.3. The Morgan fingerprint density at radius 2 is 2.17 bits per heavy atom. The summed E-state index contributed by atoms with van der Waals surface area (Å²) in [4.78, 5) is 13.5. The molecule has 1 aliphatic rings. The molecule has 1 aromatic heterocycles. The molecule has 0 spiro atoms. The number of fused-ring (bicyclic) bond motifs is 2. The Morgan fingerprint density at radius 3 is 3.00 bits per heavy atom. The maximum absolute atomic E-state index is 11.2. The fraction of sp³-hybridized carbons (Fsp3) is 0.222. The van der Waals surface area contributed by atoms with E-state index < -0.39 is 0 Å². The topological polar surface area (TPSA) is 61.0 Å². The van der Waals surface area contributed by atoms with Crippen LogP contribution in [-0.4, -0.2) is 22.6 Å². The van der Waals surface area contributed by atoms with E-state index in [1.54, 1.807) is 0 Å². The van der Waals surface area contributed by atoms with Crippen molar-refractivity contribution in [2.24, 2.45) is 0 Å². The first-order valence-corrected chi connectivity index (χ1v) is 8.25. The fourth-order valence-electron chi connectivity index (χ4n) is 3.30. The Hall–Kier alpha value is -2.53. The SMILES string of the molecule is CC(=O)Nc1ccc2c(c1)CCN(c1cc(Cl)cc3[nH]ncc13)C2. The van der Waals surface area contributed by atoms with E-state index in [1.165, 1.54) is 18.1 Å². The normalized spacial score (nSPS) is 13.8. The number of halogens is 1. The molecule has 122 valence electrons. The number of carbonyl (C=O) groups is 1. The average Bonchev–Trinajstić information content (AvgIpc) is 3.01. The fourth-order valence-corrected chi connectivity index (χ4v) is 3.51. The highest BCUT2D eigenvalue weighted by molar-refractivity contribution is 6.31. The molecule has 0 unspecified atom stereocenters. The van der Waals surface area contributed by atoms with Gasteiger partial charge in [0, 0.05) is 41.8 Å². The Kier molecular flexibility index (Phi) is 3.65. The van der Waals surface area contributed by atoms with Crippen molar-refractivity contribution in [3.05, 3.63) is 52.7 Å². The van der Waals surface area contributed by atoms with Crippen LogP contribution in [0.1, 0.15) is 18.1 Å². The zero-order chi connectivity index (χ0) is 16.7. The molecule has 0 atom stereocenters. The van der Waals surface area contributed by atoms with Crippen molar-refractivity contribution in [1.82, 2.24) is 10.2 Å². The van der Waals surface area contributed by atoms with Crippen molar-refractivity contribution >= 4 is 39.8 Å². The molecule has 1 amide bonds. The molecule has 0 fully saturated rings. The highest BCUT2D eigenvalue weighted by Crippen LogP contribution is 2.33. The van der Waals surface area contributed by atoms with Crippen molar-refractivity contribution < 1.29 is 4.79 Å². The van der Waals surface area contributed by atoms with Gasteiger partial charge in [-0.15, -0.1) is 0 Å². The summed E-state index contributed by atoms with van der Waals surface area (Å²) in [5.41, 5.74) is 5.46. The van der Waals surface area contributed by atoms with Gasteiger partial charge in [0.05, 0.1) is 11.7 Å². The van der Waals surface area contributed by atoms with Crippen LogP contribution in [0, 0.1) is 0 Å². The summed E-state index contributed by atoms with van der Waals surface area (Å²) in [5.74, 6) is -0.0475. The van der Waals surface area contributed by atoms with Gasteiger partial charge in [0.2, 0.25) is 5.91 Å². The van der Waals surface area contributed by atoms with E-state index in [0.29, 0.717) is 5.02 Å². The number of nitrogens with zero attached hydrogens (tertiary/aromatic N) is 2. The third-order valence-corrected chi connectivity index (χ3v) is 4.60. The van der Waals surface area contributed by atoms with Crippen molar-refractivity contribution in [2.75, 3.05) is 16.8 Å². The zero-order valence-corrected chi connectivity index (χ0v) is 14.0. The Labute approximate surface area is 144 Å². The van der Waals surface area contributed by atoms with Crippen molar-refractivity contribution in [1.29, 1.82) is 0 Å². The van der Waals surface area contributed by atoms with Crippen LogP contribution in [0.2, 0.25) is 5.02 Å². The first kappa shape index (κ1) is 15.0. The van der Waals surface area contributed by atoms with Crippen LogP contribution in [0.4, 0.5) is 11.4 Å². The number of hydrogen-bond donors (Lipinski definition) is 2. The van der Waals surface area contributed by atoms with E-state index >= 15 is 0 Å². The smallest absolute Gasteiger partial charge is 0.221 e. The first-order chi connectivity index (χ1) is 11.6. The molecular formula is C18H17ClN4O. The Bertz CT molecular complexity index is 934. The summed E-state index contributed by atoms with van der Waals surface area (Å²) in [6.07, 6.45) is 2.77. The summed E-state index contributed by atoms with van der Waals surface area (Å²) >= 11 is 6.25. The summed E-state index contributed by atoms with van der Waals surface area (Å²) in [6, 6.07) is 10.00. The van der Waals surface area contributed by atoms with E-state index in [1.807, 2.05) is 24.4 Å². The molecule has 0 saturated heterocycles. The number of aromatic amines is 1. The number of aromatic nitrogens is 2. The molecule has 4 rings (SSSR count). The maximum atomic E-state index is 11.2. The van der Waals surface area contributed by atoms with Gasteiger partial charge in [0.25, 0.3) is 0 Å². The predicted molar refractivity (Wildman–Crippen MR) is 96.6 cm³/mol. The number of H-pyrrole nitrogens is 1. The lowest BCUT2D eigenvalue weighted by molar-refractivity contribution is -0.114. The van der Waals surface area contributed by atoms with Gasteiger partial charge in [-0.3, -0.25) is 9.89 Å². The second-order valence-electron chi connectivity index (χ2n) is 6.09. The number of benzene rings is 2. The molecule has 6 heteroatoms. The molecule has 2 N–H and O–H groups in total. The van der Waals surface area contributed by atoms with E-state index in [9.17, 15) is 4.79 Å². The van der Waals surface area contributed by atoms with Gasteiger partial charge in [-0.2, -0.15) is 5.10 Å². The highest BCUT2D eigenvalue weighted by atomic mass is 35.5. The van der Waals surface area contributed by atoms with Gasteiger partial charge in [0.1, 0.15) is 0 Å². The first-order valence-electron chi connectivity index (χ1n) is 7.87. The van der Waals surface area contributed by atoms with Gasteiger partial charge in [-0.25, -0.2) is 0 Å². The summed E-state index contributed by atoms with van der Waals surface area (Å²) in [5, 5.41) is 11.7. The van der Waals surface area contributed by atoms with Crippen LogP contribution in [0.3, 0.4) is 0 Å². The minimum atomic E-state index is -0.0475. The second-order valence-corrected chi connectivity index (χ2v) is 6.53. The van der Waals surface area contributed by atoms with E-state index in [4.69, 9.17) is 11.6 Å². The summed E-state index contributed by atoms with van der Waals surface area (Å²) < 4.78 is 0. The van der Waals surface area contributed by atoms with Gasteiger partial charge < -0.3 is 10.2 Å². The molecular weight excluding hydrogens is 324 g/mol. The molecule has 0 radical (unpaired) electrons. The van der Waals surface area contributed by atoms with Gasteiger partial charge in [0.15, 0.2) is 0 Å². The van der Waals surface area contributed by atoms with Gasteiger partial charge in [-0.05, 0) is 41.8 Å². The minimum absolute atomic E-state index is 0.0475. The van der Waals surface area contributed by atoms with Gasteiger partial charge in [-0.1, -0.05) is 17.7 Å². The molecule has 2 aromatic carbocycles. The van der Waals surface area contributed by atoms with Crippen molar-refractivity contribution in [3.8, 4) is 0 Å². The van der Waals surface area contributed by atoms with Crippen LogP contribution >= 0.6 is 11.6 Å². The number of nitrogens with one attached hydrogen (secondary N) is 2. The Balaban J connectivity index is 1.66. The predicted octanol–water partition coefficient (Wildman–Crippen LogP) is 3.74. The molecule has 0 bridgehead atoms. The third-order valence-electron chi connectivity index (χ3n) is 4.38. The summed E-state index contributed by atoms with van der Waals surface area (Å²) in [7, 11) is 0. The number of anilines is 2. The molecule has 2 heterocycles. The monoisotopic (exact) mass is 340 g/mol. The minimum Gasteiger partial charge on any atom is -0.366 e. The lowest BCUT2D eigenvalue weighted by Gasteiger charge is -2.31. The van der Waals surface area contributed by atoms with E-state index in [0.717, 1.165) is 41.8 Å². The van der Waals surface area contributed by atoms with Crippen LogP contribution in [0.15, 0.2) is 36.5 Å². The average molecular weight is 341 g/mol. The molecule has 24 heavy (non-hydrogen) atoms. The number of amides is 1. The van der Waals surface area contributed by atoms with Gasteiger partial charge >= 0.3 is 0 Å². The highest BCUT2D eigenvalue weighted by Gasteiger charge is 2.19. The van der Waals surface area contributed by atoms with Crippen LogP contribution in [0.5, 0.6) is 0 Å². The number of hydrogen-bond acceptors (Lipinski definition) is 3. The molecule has 0 saturated carbocycles. The molecule has 0 aliphatic carbocycles.